The summed E-state index contributed by atoms with van der Waals surface area (Å²) in [5.41, 5.74) is 0. The lowest BCUT2D eigenvalue weighted by Gasteiger charge is -2.46. The van der Waals surface area contributed by atoms with Gasteiger partial charge in [0.05, 0.1) is 12.7 Å². The third-order valence-electron chi connectivity index (χ3n) is 5.53. The number of hydrogen-bond donors (Lipinski definition) is 0. The van der Waals surface area contributed by atoms with Crippen LogP contribution in [-0.4, -0.2) is 104 Å². The van der Waals surface area contributed by atoms with E-state index in [4.69, 9.17) is 42.6 Å². The van der Waals surface area contributed by atoms with Gasteiger partial charge in [0.2, 0.25) is 0 Å². The van der Waals surface area contributed by atoms with Crippen LogP contribution < -0.4 is 0 Å². The molecule has 39 heavy (non-hydrogen) atoms. The van der Waals surface area contributed by atoms with Crippen LogP contribution >= 0.6 is 0 Å². The van der Waals surface area contributed by atoms with Crippen molar-refractivity contribution in [3.63, 3.8) is 0 Å². The van der Waals surface area contributed by atoms with Crippen LogP contribution in [0.25, 0.3) is 0 Å². The van der Waals surface area contributed by atoms with Gasteiger partial charge < -0.3 is 42.6 Å². The highest BCUT2D eigenvalue weighted by molar-refractivity contribution is 5.69. The van der Waals surface area contributed by atoms with Crippen molar-refractivity contribution < 1.29 is 71.4 Å². The minimum Gasteiger partial charge on any atom is -0.463 e. The van der Waals surface area contributed by atoms with Crippen molar-refractivity contribution in [3.05, 3.63) is 0 Å². The van der Waals surface area contributed by atoms with Gasteiger partial charge in [0.1, 0.15) is 18.8 Å². The van der Waals surface area contributed by atoms with Gasteiger partial charge in [-0.05, 0) is 6.92 Å². The molecule has 15 nitrogen and oxygen atoms in total. The molecule has 2 heterocycles. The van der Waals surface area contributed by atoms with Crippen molar-refractivity contribution in [3.8, 4) is 0 Å². The summed E-state index contributed by atoms with van der Waals surface area (Å²) in [6.07, 6.45) is -11.0. The summed E-state index contributed by atoms with van der Waals surface area (Å²) < 4.78 is 49.4. The molecule has 2 rings (SSSR count). The predicted molar refractivity (Wildman–Crippen MR) is 123 cm³/mol. The molecule has 5 unspecified atom stereocenters. The Kier molecular flexibility index (Phi) is 11.6. The Morgan fingerprint density at radius 1 is 0.615 bits per heavy atom. The monoisotopic (exact) mass is 562 g/mol. The highest BCUT2D eigenvalue weighted by atomic mass is 16.7. The number of carbonyl (C=O) groups excluding carboxylic acids is 6. The summed E-state index contributed by atoms with van der Waals surface area (Å²) in [4.78, 5) is 70.8. The van der Waals surface area contributed by atoms with Crippen LogP contribution in [0, 0.1) is 0 Å². The van der Waals surface area contributed by atoms with Gasteiger partial charge in [-0.25, -0.2) is 0 Å². The minimum absolute atomic E-state index is 0.270. The first-order valence-electron chi connectivity index (χ1n) is 12.1. The maximum absolute atomic E-state index is 12.0. The van der Waals surface area contributed by atoms with Gasteiger partial charge >= 0.3 is 35.8 Å². The largest absolute Gasteiger partial charge is 0.463 e. The fourth-order valence-electron chi connectivity index (χ4n) is 4.21. The second-order valence-electron chi connectivity index (χ2n) is 8.93. The Morgan fingerprint density at radius 3 is 1.59 bits per heavy atom. The predicted octanol–water partition coefficient (Wildman–Crippen LogP) is -0.263. The van der Waals surface area contributed by atoms with E-state index in [0.717, 1.165) is 34.6 Å². The summed E-state index contributed by atoms with van der Waals surface area (Å²) in [7, 11) is 0. The molecule has 0 N–H and O–H groups in total. The van der Waals surface area contributed by atoms with Crippen molar-refractivity contribution in [1.29, 1.82) is 0 Å². The quantitative estimate of drug-likeness (QED) is 0.264. The normalized spacial score (nSPS) is 32.2. The van der Waals surface area contributed by atoms with Crippen molar-refractivity contribution in [2.75, 3.05) is 13.2 Å². The fourth-order valence-corrected chi connectivity index (χ4v) is 4.21. The van der Waals surface area contributed by atoms with Crippen LogP contribution in [0.5, 0.6) is 0 Å². The molecule has 15 heteroatoms. The van der Waals surface area contributed by atoms with E-state index in [1.165, 1.54) is 13.8 Å². The first-order valence-corrected chi connectivity index (χ1v) is 12.1. The molecule has 2 aliphatic rings. The number of ether oxygens (including phenoxy) is 9. The Morgan fingerprint density at radius 2 is 1.08 bits per heavy atom. The first kappa shape index (κ1) is 31.9. The van der Waals surface area contributed by atoms with Crippen molar-refractivity contribution in [2.45, 2.75) is 104 Å². The average molecular weight is 563 g/mol. The zero-order valence-corrected chi connectivity index (χ0v) is 22.7. The van der Waals surface area contributed by atoms with Crippen LogP contribution in [0.1, 0.15) is 48.5 Å². The molecule has 0 aromatic carbocycles. The maximum atomic E-state index is 12.0. The summed E-state index contributed by atoms with van der Waals surface area (Å²) in [6, 6.07) is 0. The molecule has 0 aliphatic carbocycles. The maximum Gasteiger partial charge on any atom is 0.303 e. The SMILES string of the molecule is CC(=O)OCC1OCC(O[C@@H]2OC(C)[C@H](OC(C)=O)C(OC(C)=O)[C@@H]2OC(C)=O)C(OC(C)=O)[C@@H]1OC(C)=O. The van der Waals surface area contributed by atoms with Gasteiger partial charge in [-0.3, -0.25) is 28.8 Å². The average Bonchev–Trinajstić information content (AvgIpc) is 2.78. The molecule has 2 aliphatic heterocycles. The Bertz CT molecular complexity index is 932. The third kappa shape index (κ3) is 9.44. The lowest BCUT2D eigenvalue weighted by Crippen LogP contribution is -2.64. The zero-order chi connectivity index (χ0) is 29.4. The van der Waals surface area contributed by atoms with E-state index in [1.807, 2.05) is 0 Å². The number of esters is 6. The topological polar surface area (TPSA) is 185 Å². The summed E-state index contributed by atoms with van der Waals surface area (Å²) in [6.45, 7) is 7.72. The lowest BCUT2D eigenvalue weighted by molar-refractivity contribution is -0.330. The summed E-state index contributed by atoms with van der Waals surface area (Å²) in [5, 5.41) is 0. The molecule has 0 aromatic heterocycles. The zero-order valence-electron chi connectivity index (χ0n) is 22.7. The second-order valence-corrected chi connectivity index (χ2v) is 8.93. The fraction of sp³-hybridized carbons (Fsp3) is 0.750. The summed E-state index contributed by atoms with van der Waals surface area (Å²) in [5.74, 6) is -4.36. The van der Waals surface area contributed by atoms with E-state index < -0.39 is 90.9 Å². The van der Waals surface area contributed by atoms with Gasteiger partial charge in [-0.1, -0.05) is 0 Å². The van der Waals surface area contributed by atoms with Gasteiger partial charge in [-0.15, -0.1) is 0 Å². The molecule has 0 bridgehead atoms. The Balaban J connectivity index is 2.42. The molecular formula is C24H34O15. The van der Waals surface area contributed by atoms with E-state index in [2.05, 4.69) is 0 Å². The van der Waals surface area contributed by atoms with Crippen molar-refractivity contribution >= 4 is 35.8 Å². The number of hydrogen-bond acceptors (Lipinski definition) is 15. The van der Waals surface area contributed by atoms with E-state index in [-0.39, 0.29) is 13.2 Å². The standard InChI is InChI=1S/C24H34O15/c1-10-19(34-12(3)26)22(37-15(6)29)23(38-16(7)30)24(33-10)39-18-9-32-17(8-31-11(2)25)20(35-13(4)27)21(18)36-14(5)28/h10,17-24H,8-9H2,1-7H3/t10?,17?,18?,19-,20+,21?,22?,23-,24-/m0/s1. The van der Waals surface area contributed by atoms with Crippen LogP contribution in [-0.2, 0) is 71.4 Å². The highest BCUT2D eigenvalue weighted by Gasteiger charge is 2.54. The molecule has 0 aromatic rings. The Hall–Kier alpha value is -3.30. The Labute approximate surface area is 224 Å². The third-order valence-corrected chi connectivity index (χ3v) is 5.53. The lowest BCUT2D eigenvalue weighted by atomic mass is 9.97. The molecule has 220 valence electrons. The van der Waals surface area contributed by atoms with Gasteiger partial charge in [0.15, 0.2) is 36.8 Å². The van der Waals surface area contributed by atoms with Gasteiger partial charge in [-0.2, -0.15) is 0 Å². The molecule has 0 spiro atoms. The minimum atomic E-state index is -1.45. The molecule has 9 atom stereocenters. The van der Waals surface area contributed by atoms with E-state index in [1.54, 1.807) is 0 Å². The highest BCUT2D eigenvalue weighted by Crippen LogP contribution is 2.33. The number of carbonyl (C=O) groups is 6. The second kappa shape index (κ2) is 14.2. The molecule has 0 radical (unpaired) electrons. The number of rotatable bonds is 9. The molecule has 2 saturated heterocycles. The van der Waals surface area contributed by atoms with Crippen LogP contribution in [0.15, 0.2) is 0 Å². The van der Waals surface area contributed by atoms with E-state index in [9.17, 15) is 28.8 Å². The smallest absolute Gasteiger partial charge is 0.303 e. The van der Waals surface area contributed by atoms with E-state index >= 15 is 0 Å². The van der Waals surface area contributed by atoms with Crippen LogP contribution in [0.4, 0.5) is 0 Å². The van der Waals surface area contributed by atoms with Crippen molar-refractivity contribution in [2.24, 2.45) is 0 Å². The van der Waals surface area contributed by atoms with Crippen LogP contribution in [0.3, 0.4) is 0 Å². The molecule has 0 saturated carbocycles. The first-order chi connectivity index (χ1) is 18.2. The summed E-state index contributed by atoms with van der Waals surface area (Å²) >= 11 is 0. The molecule has 2 fully saturated rings. The van der Waals surface area contributed by atoms with Gasteiger partial charge in [0, 0.05) is 41.5 Å². The van der Waals surface area contributed by atoms with Crippen LogP contribution in [0.2, 0.25) is 0 Å². The molecular weight excluding hydrogens is 528 g/mol. The van der Waals surface area contributed by atoms with Crippen molar-refractivity contribution in [1.82, 2.24) is 0 Å². The van der Waals surface area contributed by atoms with E-state index in [0.29, 0.717) is 0 Å². The molecule has 0 amide bonds. The van der Waals surface area contributed by atoms with Gasteiger partial charge in [0.25, 0.3) is 0 Å².